The molecule has 7 heteroatoms. The van der Waals surface area contributed by atoms with Gasteiger partial charge in [-0.3, -0.25) is 0 Å². The Morgan fingerprint density at radius 2 is 2.05 bits per heavy atom. The molecular weight excluding hydrogens is 255 g/mol. The first kappa shape index (κ1) is 15.2. The predicted molar refractivity (Wildman–Crippen MR) is 67.1 cm³/mol. The van der Waals surface area contributed by atoms with Crippen molar-refractivity contribution in [2.45, 2.75) is 0 Å². The van der Waals surface area contributed by atoms with Crippen molar-refractivity contribution >= 4 is 5.84 Å². The number of halogens is 1. The van der Waals surface area contributed by atoms with Gasteiger partial charge in [0.05, 0.1) is 25.4 Å². The van der Waals surface area contributed by atoms with Crippen molar-refractivity contribution in [3.63, 3.8) is 0 Å². The van der Waals surface area contributed by atoms with Gasteiger partial charge in [0.2, 0.25) is 0 Å². The van der Waals surface area contributed by atoms with Crippen LogP contribution in [0.15, 0.2) is 23.4 Å². The molecule has 0 heterocycles. The Balaban J connectivity index is 2.53. The third kappa shape index (κ3) is 5.11. The Morgan fingerprint density at radius 1 is 1.32 bits per heavy atom. The van der Waals surface area contributed by atoms with E-state index in [1.54, 1.807) is 7.11 Å². The monoisotopic (exact) mass is 272 g/mol. The zero-order valence-corrected chi connectivity index (χ0v) is 10.6. The molecule has 6 nitrogen and oxygen atoms in total. The van der Waals surface area contributed by atoms with E-state index >= 15 is 0 Å². The molecule has 0 aliphatic rings. The molecule has 19 heavy (non-hydrogen) atoms. The van der Waals surface area contributed by atoms with Gasteiger partial charge in [0.15, 0.2) is 5.84 Å². The molecule has 106 valence electrons. The van der Waals surface area contributed by atoms with E-state index in [0.29, 0.717) is 25.6 Å². The molecule has 1 rings (SSSR count). The van der Waals surface area contributed by atoms with E-state index in [4.69, 9.17) is 25.2 Å². The lowest BCUT2D eigenvalue weighted by Gasteiger charge is -2.11. The molecule has 0 amide bonds. The number of hydrogen-bond acceptors (Lipinski definition) is 5. The van der Waals surface area contributed by atoms with Gasteiger partial charge in [0.25, 0.3) is 0 Å². The van der Waals surface area contributed by atoms with Gasteiger partial charge in [-0.1, -0.05) is 5.16 Å². The molecule has 1 aromatic carbocycles. The summed E-state index contributed by atoms with van der Waals surface area (Å²) >= 11 is 0. The second-order valence-electron chi connectivity index (χ2n) is 3.58. The van der Waals surface area contributed by atoms with Gasteiger partial charge < -0.3 is 25.2 Å². The van der Waals surface area contributed by atoms with Gasteiger partial charge in [-0.05, 0) is 18.2 Å². The molecule has 0 fully saturated rings. The molecule has 0 radical (unpaired) electrons. The fourth-order valence-corrected chi connectivity index (χ4v) is 1.34. The van der Waals surface area contributed by atoms with Gasteiger partial charge in [0, 0.05) is 7.11 Å². The van der Waals surface area contributed by atoms with E-state index < -0.39 is 5.82 Å². The lowest BCUT2D eigenvalue weighted by atomic mass is 10.2. The highest BCUT2D eigenvalue weighted by molar-refractivity contribution is 5.99. The number of rotatable bonds is 8. The van der Waals surface area contributed by atoms with Gasteiger partial charge in [-0.15, -0.1) is 0 Å². The molecule has 0 aromatic heterocycles. The summed E-state index contributed by atoms with van der Waals surface area (Å²) in [6, 6.07) is 3.78. The molecule has 0 aliphatic heterocycles. The van der Waals surface area contributed by atoms with E-state index in [2.05, 4.69) is 5.16 Å². The van der Waals surface area contributed by atoms with Gasteiger partial charge in [-0.2, -0.15) is 0 Å². The van der Waals surface area contributed by atoms with Gasteiger partial charge in [-0.25, -0.2) is 4.39 Å². The smallest absolute Gasteiger partial charge is 0.173 e. The quantitative estimate of drug-likeness (QED) is 0.242. The first-order valence-corrected chi connectivity index (χ1v) is 5.66. The number of nitrogens with two attached hydrogens (primary N) is 1. The predicted octanol–water partition coefficient (Wildman–Crippen LogP) is 0.962. The number of hydrogen-bond donors (Lipinski definition) is 2. The minimum atomic E-state index is -0.495. The second-order valence-corrected chi connectivity index (χ2v) is 3.58. The van der Waals surface area contributed by atoms with Crippen LogP contribution >= 0.6 is 0 Å². The zero-order chi connectivity index (χ0) is 14.1. The summed E-state index contributed by atoms with van der Waals surface area (Å²) in [6.07, 6.45) is 0. The van der Waals surface area contributed by atoms with Crippen molar-refractivity contribution in [2.24, 2.45) is 10.9 Å². The van der Waals surface area contributed by atoms with Crippen LogP contribution < -0.4 is 10.5 Å². The Kier molecular flexibility index (Phi) is 6.62. The van der Waals surface area contributed by atoms with Crippen LogP contribution in [0.25, 0.3) is 0 Å². The Bertz CT molecular complexity index is 426. The third-order valence-corrected chi connectivity index (χ3v) is 2.24. The molecule has 3 N–H and O–H groups in total. The Hall–Kier alpha value is -1.86. The van der Waals surface area contributed by atoms with Crippen molar-refractivity contribution in [3.05, 3.63) is 29.6 Å². The first-order chi connectivity index (χ1) is 9.19. The Labute approximate surface area is 110 Å². The zero-order valence-electron chi connectivity index (χ0n) is 10.6. The van der Waals surface area contributed by atoms with Crippen molar-refractivity contribution < 1.29 is 23.8 Å². The molecule has 0 saturated heterocycles. The molecule has 0 unspecified atom stereocenters. The van der Waals surface area contributed by atoms with Crippen molar-refractivity contribution in [1.82, 2.24) is 0 Å². The number of ether oxygens (including phenoxy) is 3. The Morgan fingerprint density at radius 3 is 2.74 bits per heavy atom. The molecule has 0 aliphatic carbocycles. The highest BCUT2D eigenvalue weighted by Crippen LogP contribution is 2.19. The van der Waals surface area contributed by atoms with Gasteiger partial charge >= 0.3 is 0 Å². The average Bonchev–Trinajstić information content (AvgIpc) is 2.43. The number of nitrogens with zero attached hydrogens (tertiary/aromatic N) is 1. The number of oxime groups is 1. The van der Waals surface area contributed by atoms with E-state index in [1.165, 1.54) is 12.1 Å². The number of amidine groups is 1. The SMILES string of the molecule is COCCOCCOc1ccc(F)cc1/C(N)=N/O. The highest BCUT2D eigenvalue weighted by atomic mass is 19.1. The minimum absolute atomic E-state index is 0.194. The lowest BCUT2D eigenvalue weighted by molar-refractivity contribution is 0.0544. The van der Waals surface area contributed by atoms with Crippen LogP contribution in [0.2, 0.25) is 0 Å². The standard InChI is InChI=1S/C12H17FN2O4/c1-17-4-5-18-6-7-19-11-3-2-9(13)8-10(11)12(14)15-16/h2-3,8,16H,4-7H2,1H3,(H2,14,15). The first-order valence-electron chi connectivity index (χ1n) is 5.66. The molecular formula is C12H17FN2O4. The molecule has 0 atom stereocenters. The largest absolute Gasteiger partial charge is 0.490 e. The number of benzene rings is 1. The van der Waals surface area contributed by atoms with E-state index in [9.17, 15) is 4.39 Å². The summed E-state index contributed by atoms with van der Waals surface area (Å²) in [6.45, 7) is 1.60. The summed E-state index contributed by atoms with van der Waals surface area (Å²) in [5, 5.41) is 11.4. The van der Waals surface area contributed by atoms with E-state index in [1.807, 2.05) is 0 Å². The second kappa shape index (κ2) is 8.28. The summed E-state index contributed by atoms with van der Waals surface area (Å²) in [5.41, 5.74) is 5.63. The maximum Gasteiger partial charge on any atom is 0.173 e. The van der Waals surface area contributed by atoms with E-state index in [0.717, 1.165) is 6.07 Å². The highest BCUT2D eigenvalue weighted by Gasteiger charge is 2.09. The topological polar surface area (TPSA) is 86.3 Å². The number of methoxy groups -OCH3 is 1. The van der Waals surface area contributed by atoms with Crippen LogP contribution in [0.3, 0.4) is 0 Å². The van der Waals surface area contributed by atoms with Crippen molar-refractivity contribution in [1.29, 1.82) is 0 Å². The molecule has 0 bridgehead atoms. The van der Waals surface area contributed by atoms with Crippen LogP contribution in [0, 0.1) is 5.82 Å². The minimum Gasteiger partial charge on any atom is -0.490 e. The fraction of sp³-hybridized carbons (Fsp3) is 0.417. The van der Waals surface area contributed by atoms with E-state index in [-0.39, 0.29) is 18.0 Å². The summed E-state index contributed by atoms with van der Waals surface area (Å²) in [7, 11) is 1.58. The molecule has 1 aromatic rings. The maximum absolute atomic E-state index is 13.1. The summed E-state index contributed by atoms with van der Waals surface area (Å²) < 4.78 is 28.5. The van der Waals surface area contributed by atoms with Crippen LogP contribution in [0.5, 0.6) is 5.75 Å². The van der Waals surface area contributed by atoms with Crippen LogP contribution in [-0.4, -0.2) is 44.6 Å². The van der Waals surface area contributed by atoms with Gasteiger partial charge in [0.1, 0.15) is 18.2 Å². The third-order valence-electron chi connectivity index (χ3n) is 2.24. The van der Waals surface area contributed by atoms with Crippen LogP contribution in [0.4, 0.5) is 4.39 Å². The average molecular weight is 272 g/mol. The molecule has 0 spiro atoms. The van der Waals surface area contributed by atoms with Crippen LogP contribution in [0.1, 0.15) is 5.56 Å². The van der Waals surface area contributed by atoms with Crippen LogP contribution in [-0.2, 0) is 9.47 Å². The molecule has 0 saturated carbocycles. The maximum atomic E-state index is 13.1. The lowest BCUT2D eigenvalue weighted by Crippen LogP contribution is -2.17. The van der Waals surface area contributed by atoms with Crippen molar-refractivity contribution in [2.75, 3.05) is 33.5 Å². The fourth-order valence-electron chi connectivity index (χ4n) is 1.34. The van der Waals surface area contributed by atoms with Crippen molar-refractivity contribution in [3.8, 4) is 5.75 Å². The summed E-state index contributed by atoms with van der Waals surface area (Å²) in [4.78, 5) is 0. The summed E-state index contributed by atoms with van der Waals surface area (Å²) in [5.74, 6) is -0.382. The normalized spacial score (nSPS) is 11.6.